The van der Waals surface area contributed by atoms with Crippen molar-refractivity contribution in [1.82, 2.24) is 24.9 Å². The number of amides is 1. The van der Waals surface area contributed by atoms with Gasteiger partial charge in [0, 0.05) is 28.9 Å². The molecule has 166 valence electrons. The van der Waals surface area contributed by atoms with Crippen LogP contribution in [-0.4, -0.2) is 25.5 Å². The summed E-state index contributed by atoms with van der Waals surface area (Å²) in [6.07, 6.45) is 3.31. The Hall–Kier alpha value is -4.70. The Bertz CT molecular complexity index is 1590. The van der Waals surface area contributed by atoms with Crippen molar-refractivity contribution < 1.29 is 4.79 Å². The molecular formula is C27H22N6O. The standard InChI is InChI=1S/C27H22N6O/c1-3-9-18-12-7-13-22-20(18)16-21(19-10-5-4-6-11-19)24(31-22)17(2)30-27(34)23-25(28)32-33-15-8-14-29-26(23)33/h4-8,10-17H,1-2H3,(H2,28,32)(H,30,34)/t17-/m0/s1. The van der Waals surface area contributed by atoms with Gasteiger partial charge in [-0.25, -0.2) is 14.5 Å². The van der Waals surface area contributed by atoms with Crippen LogP contribution in [0.2, 0.25) is 0 Å². The number of nitrogen functional groups attached to an aromatic ring is 1. The van der Waals surface area contributed by atoms with E-state index in [1.54, 1.807) is 18.5 Å². The Balaban J connectivity index is 1.61. The molecule has 0 saturated carbocycles. The molecule has 5 aromatic rings. The number of carbonyl (C=O) groups is 1. The van der Waals surface area contributed by atoms with Crippen molar-refractivity contribution in [2.75, 3.05) is 5.73 Å². The van der Waals surface area contributed by atoms with Gasteiger partial charge in [0.1, 0.15) is 5.56 Å². The Kier molecular flexibility index (Phi) is 5.40. The van der Waals surface area contributed by atoms with E-state index < -0.39 is 6.04 Å². The molecule has 1 atom stereocenters. The van der Waals surface area contributed by atoms with Crippen molar-refractivity contribution in [3.05, 3.63) is 89.9 Å². The number of nitrogens with two attached hydrogens (primary N) is 1. The second-order valence-corrected chi connectivity index (χ2v) is 7.88. The third-order valence-electron chi connectivity index (χ3n) is 5.64. The summed E-state index contributed by atoms with van der Waals surface area (Å²) in [7, 11) is 0. The smallest absolute Gasteiger partial charge is 0.259 e. The molecule has 3 N–H and O–H groups in total. The fourth-order valence-electron chi connectivity index (χ4n) is 4.09. The summed E-state index contributed by atoms with van der Waals surface area (Å²) in [4.78, 5) is 22.5. The normalized spacial score (nSPS) is 11.7. The number of fused-ring (bicyclic) bond motifs is 2. The van der Waals surface area contributed by atoms with Gasteiger partial charge in [0.15, 0.2) is 11.5 Å². The molecule has 0 aliphatic rings. The summed E-state index contributed by atoms with van der Waals surface area (Å²) in [5.74, 6) is 5.91. The first-order chi connectivity index (χ1) is 16.6. The third kappa shape index (κ3) is 3.71. The van der Waals surface area contributed by atoms with E-state index in [-0.39, 0.29) is 17.3 Å². The first kappa shape index (κ1) is 21.2. The van der Waals surface area contributed by atoms with Crippen molar-refractivity contribution in [2.24, 2.45) is 0 Å². The SMILES string of the molecule is CC#Cc1cccc2nc([C@H](C)NC(=O)c3c(N)nn4cccnc34)c(-c3ccccc3)cc12. The molecule has 3 aromatic heterocycles. The van der Waals surface area contributed by atoms with E-state index in [1.807, 2.05) is 62.4 Å². The maximum absolute atomic E-state index is 13.2. The van der Waals surface area contributed by atoms with Gasteiger partial charge >= 0.3 is 0 Å². The molecule has 0 fully saturated rings. The quantitative estimate of drug-likeness (QED) is 0.399. The van der Waals surface area contributed by atoms with Gasteiger partial charge in [-0.2, -0.15) is 0 Å². The number of hydrogen-bond acceptors (Lipinski definition) is 5. The Labute approximate surface area is 196 Å². The van der Waals surface area contributed by atoms with Crippen molar-refractivity contribution in [1.29, 1.82) is 0 Å². The molecule has 0 unspecified atom stereocenters. The second-order valence-electron chi connectivity index (χ2n) is 7.88. The van der Waals surface area contributed by atoms with Crippen LogP contribution in [0.15, 0.2) is 73.1 Å². The Morgan fingerprint density at radius 2 is 1.94 bits per heavy atom. The van der Waals surface area contributed by atoms with Crippen LogP contribution >= 0.6 is 0 Å². The largest absolute Gasteiger partial charge is 0.381 e. The number of benzene rings is 2. The maximum atomic E-state index is 13.2. The summed E-state index contributed by atoms with van der Waals surface area (Å²) < 4.78 is 1.49. The van der Waals surface area contributed by atoms with E-state index in [0.717, 1.165) is 33.3 Å². The molecule has 34 heavy (non-hydrogen) atoms. The van der Waals surface area contributed by atoms with Crippen LogP contribution in [-0.2, 0) is 0 Å². The number of carbonyl (C=O) groups excluding carboxylic acids is 1. The van der Waals surface area contributed by atoms with Crippen molar-refractivity contribution >= 4 is 28.3 Å². The summed E-state index contributed by atoms with van der Waals surface area (Å²) in [6, 6.07) is 19.3. The van der Waals surface area contributed by atoms with Gasteiger partial charge in [-0.15, -0.1) is 11.0 Å². The van der Waals surface area contributed by atoms with Crippen LogP contribution in [0.3, 0.4) is 0 Å². The first-order valence-corrected chi connectivity index (χ1v) is 10.9. The lowest BCUT2D eigenvalue weighted by Gasteiger charge is -2.19. The average Bonchev–Trinajstić information content (AvgIpc) is 3.20. The Morgan fingerprint density at radius 1 is 1.12 bits per heavy atom. The minimum absolute atomic E-state index is 0.126. The zero-order chi connectivity index (χ0) is 23.7. The van der Waals surface area contributed by atoms with E-state index in [1.165, 1.54) is 4.52 Å². The van der Waals surface area contributed by atoms with E-state index in [0.29, 0.717) is 5.65 Å². The highest BCUT2D eigenvalue weighted by molar-refractivity contribution is 6.04. The van der Waals surface area contributed by atoms with Crippen molar-refractivity contribution in [2.45, 2.75) is 19.9 Å². The zero-order valence-electron chi connectivity index (χ0n) is 18.8. The van der Waals surface area contributed by atoms with Crippen LogP contribution in [0.1, 0.15) is 41.5 Å². The fourth-order valence-corrected chi connectivity index (χ4v) is 4.09. The average molecular weight is 447 g/mol. The molecule has 2 aromatic carbocycles. The zero-order valence-corrected chi connectivity index (χ0v) is 18.8. The summed E-state index contributed by atoms with van der Waals surface area (Å²) in [5, 5.41) is 8.20. The molecule has 0 aliphatic carbocycles. The molecule has 3 heterocycles. The van der Waals surface area contributed by atoms with E-state index >= 15 is 0 Å². The number of aromatic nitrogens is 4. The topological polar surface area (TPSA) is 98.2 Å². The number of pyridine rings is 1. The van der Waals surface area contributed by atoms with E-state index in [9.17, 15) is 4.79 Å². The van der Waals surface area contributed by atoms with Crippen LogP contribution < -0.4 is 11.1 Å². The maximum Gasteiger partial charge on any atom is 0.259 e. The lowest BCUT2D eigenvalue weighted by Crippen LogP contribution is -2.28. The Morgan fingerprint density at radius 3 is 2.74 bits per heavy atom. The van der Waals surface area contributed by atoms with Crippen LogP contribution in [0.25, 0.3) is 27.7 Å². The molecule has 0 bridgehead atoms. The van der Waals surface area contributed by atoms with Gasteiger partial charge in [-0.05, 0) is 43.7 Å². The highest BCUT2D eigenvalue weighted by Crippen LogP contribution is 2.32. The predicted octanol–water partition coefficient (Wildman–Crippen LogP) is 4.39. The van der Waals surface area contributed by atoms with Gasteiger partial charge in [-0.1, -0.05) is 42.3 Å². The van der Waals surface area contributed by atoms with E-state index in [4.69, 9.17) is 10.7 Å². The van der Waals surface area contributed by atoms with Crippen LogP contribution in [0, 0.1) is 11.8 Å². The van der Waals surface area contributed by atoms with Gasteiger partial charge in [0.25, 0.3) is 5.91 Å². The van der Waals surface area contributed by atoms with Crippen LogP contribution in [0.5, 0.6) is 0 Å². The monoisotopic (exact) mass is 446 g/mol. The minimum atomic E-state index is -0.411. The van der Waals surface area contributed by atoms with Gasteiger partial charge < -0.3 is 11.1 Å². The summed E-state index contributed by atoms with van der Waals surface area (Å²) in [6.45, 7) is 3.72. The number of rotatable bonds is 4. The van der Waals surface area contributed by atoms with E-state index in [2.05, 4.69) is 33.3 Å². The lowest BCUT2D eigenvalue weighted by atomic mass is 9.96. The van der Waals surface area contributed by atoms with Crippen molar-refractivity contribution in [3.8, 4) is 23.0 Å². The molecule has 5 rings (SSSR count). The number of nitrogens with one attached hydrogen (secondary N) is 1. The highest BCUT2D eigenvalue weighted by atomic mass is 16.1. The van der Waals surface area contributed by atoms with Gasteiger partial charge in [0.2, 0.25) is 0 Å². The summed E-state index contributed by atoms with van der Waals surface area (Å²) in [5.41, 5.74) is 11.1. The molecular weight excluding hydrogens is 424 g/mol. The van der Waals surface area contributed by atoms with Gasteiger partial charge in [0.05, 0.1) is 17.3 Å². The molecule has 7 heteroatoms. The highest BCUT2D eigenvalue weighted by Gasteiger charge is 2.23. The lowest BCUT2D eigenvalue weighted by molar-refractivity contribution is 0.0941. The molecule has 7 nitrogen and oxygen atoms in total. The van der Waals surface area contributed by atoms with Crippen LogP contribution in [0.4, 0.5) is 5.82 Å². The molecule has 1 amide bonds. The molecule has 0 radical (unpaired) electrons. The number of hydrogen-bond donors (Lipinski definition) is 2. The third-order valence-corrected chi connectivity index (χ3v) is 5.64. The first-order valence-electron chi connectivity index (χ1n) is 10.9. The molecule has 0 spiro atoms. The summed E-state index contributed by atoms with van der Waals surface area (Å²) >= 11 is 0. The second kappa shape index (κ2) is 8.68. The number of anilines is 1. The number of nitrogens with zero attached hydrogens (tertiary/aromatic N) is 4. The molecule has 0 saturated heterocycles. The predicted molar refractivity (Wildman–Crippen MR) is 133 cm³/mol. The molecule has 0 aliphatic heterocycles. The fraction of sp³-hybridized carbons (Fsp3) is 0.111. The minimum Gasteiger partial charge on any atom is -0.381 e. The van der Waals surface area contributed by atoms with Gasteiger partial charge in [-0.3, -0.25) is 4.79 Å². The van der Waals surface area contributed by atoms with Crippen molar-refractivity contribution in [3.63, 3.8) is 0 Å².